The second-order valence-electron chi connectivity index (χ2n) is 2.22. The Morgan fingerprint density at radius 1 is 1.67 bits per heavy atom. The molecule has 0 aromatic carbocycles. The van der Waals surface area contributed by atoms with Crippen molar-refractivity contribution in [3.05, 3.63) is 12.2 Å². The summed E-state index contributed by atoms with van der Waals surface area (Å²) in [6.45, 7) is 4.04. The summed E-state index contributed by atoms with van der Waals surface area (Å²) < 4.78 is 0. The summed E-state index contributed by atoms with van der Waals surface area (Å²) >= 11 is 0. The van der Waals surface area contributed by atoms with Crippen LogP contribution in [0.5, 0.6) is 0 Å². The smallest absolute Gasteiger partial charge is 0.152 e. The first-order chi connectivity index (χ1) is 4.22. The quantitative estimate of drug-likeness (QED) is 0.543. The van der Waals surface area contributed by atoms with E-state index >= 15 is 0 Å². The summed E-state index contributed by atoms with van der Waals surface area (Å²) in [7, 11) is 0. The number of aromatic nitrogens is 3. The molecule has 0 radical (unpaired) electrons. The number of nitrogens with zero attached hydrogens (tertiary/aromatic N) is 3. The van der Waals surface area contributed by atoms with Crippen molar-refractivity contribution < 1.29 is 0 Å². The molecule has 0 saturated heterocycles. The zero-order valence-corrected chi connectivity index (χ0v) is 5.57. The van der Waals surface area contributed by atoms with Crippen LogP contribution in [0.4, 0.5) is 0 Å². The van der Waals surface area contributed by atoms with E-state index in [1.165, 1.54) is 11.1 Å². The molecule has 1 rings (SSSR count). The lowest BCUT2D eigenvalue weighted by atomic mass is 10.2. The first-order valence-corrected chi connectivity index (χ1v) is 2.87. The normalized spacial score (nSPS) is 10.6. The Balaban J connectivity index is 2.94. The molecule has 0 saturated carbocycles. The molecule has 0 spiro atoms. The summed E-state index contributed by atoms with van der Waals surface area (Å²) in [5.74, 6) is 6.54. The Kier molecular flexibility index (Phi) is 1.38. The van der Waals surface area contributed by atoms with Crippen LogP contribution >= 0.6 is 0 Å². The first kappa shape index (κ1) is 6.07. The maximum absolute atomic E-state index is 5.38. The van der Waals surface area contributed by atoms with Gasteiger partial charge in [-0.25, -0.2) is 4.98 Å². The van der Waals surface area contributed by atoms with E-state index in [2.05, 4.69) is 10.1 Å². The Morgan fingerprint density at radius 3 is 2.56 bits per heavy atom. The molecule has 1 heterocycles. The van der Waals surface area contributed by atoms with Gasteiger partial charge in [-0.15, -0.1) is 5.10 Å². The van der Waals surface area contributed by atoms with Gasteiger partial charge in [-0.2, -0.15) is 4.79 Å². The second kappa shape index (κ2) is 2.05. The van der Waals surface area contributed by atoms with Crippen LogP contribution in [0.2, 0.25) is 0 Å². The van der Waals surface area contributed by atoms with Gasteiger partial charge in [0.15, 0.2) is 5.82 Å². The average molecular weight is 126 g/mol. The standard InChI is InChI=1S/C5H10N4/c1-4(2)5-7-3-8-9(5)6/h3-4H,6H2,1-2H3. The zero-order valence-electron chi connectivity index (χ0n) is 5.57. The van der Waals surface area contributed by atoms with Crippen LogP contribution in [0.3, 0.4) is 0 Å². The predicted molar refractivity (Wildman–Crippen MR) is 34.3 cm³/mol. The molecule has 0 aliphatic heterocycles. The van der Waals surface area contributed by atoms with E-state index in [-0.39, 0.29) is 0 Å². The molecule has 4 nitrogen and oxygen atoms in total. The minimum atomic E-state index is 0.345. The van der Waals surface area contributed by atoms with Crippen LogP contribution in [-0.2, 0) is 0 Å². The number of hydrogen-bond donors (Lipinski definition) is 1. The molecule has 1 aromatic heterocycles. The number of hydrogen-bond acceptors (Lipinski definition) is 3. The van der Waals surface area contributed by atoms with Crippen LogP contribution in [-0.4, -0.2) is 14.9 Å². The zero-order chi connectivity index (χ0) is 6.85. The molecular weight excluding hydrogens is 116 g/mol. The highest BCUT2D eigenvalue weighted by molar-refractivity contribution is 4.90. The summed E-state index contributed by atoms with van der Waals surface area (Å²) in [6, 6.07) is 0. The van der Waals surface area contributed by atoms with Crippen molar-refractivity contribution in [2.24, 2.45) is 0 Å². The molecule has 0 aliphatic carbocycles. The fourth-order valence-electron chi connectivity index (χ4n) is 0.673. The number of rotatable bonds is 1. The van der Waals surface area contributed by atoms with Crippen molar-refractivity contribution in [3.8, 4) is 0 Å². The molecule has 1 aromatic rings. The van der Waals surface area contributed by atoms with Gasteiger partial charge in [-0.3, -0.25) is 0 Å². The van der Waals surface area contributed by atoms with Crippen molar-refractivity contribution in [1.29, 1.82) is 0 Å². The van der Waals surface area contributed by atoms with Gasteiger partial charge in [0.05, 0.1) is 0 Å². The van der Waals surface area contributed by atoms with Crippen LogP contribution < -0.4 is 5.84 Å². The highest BCUT2D eigenvalue weighted by Gasteiger charge is 2.03. The van der Waals surface area contributed by atoms with E-state index in [0.717, 1.165) is 5.82 Å². The highest BCUT2D eigenvalue weighted by Crippen LogP contribution is 2.06. The minimum Gasteiger partial charge on any atom is -0.321 e. The molecule has 2 N–H and O–H groups in total. The third-order valence-corrected chi connectivity index (χ3v) is 1.12. The van der Waals surface area contributed by atoms with E-state index in [4.69, 9.17) is 5.84 Å². The lowest BCUT2D eigenvalue weighted by Gasteiger charge is -2.00. The van der Waals surface area contributed by atoms with E-state index in [1.54, 1.807) is 0 Å². The molecule has 0 fully saturated rings. The monoisotopic (exact) mass is 126 g/mol. The topological polar surface area (TPSA) is 56.7 Å². The molecule has 0 bridgehead atoms. The van der Waals surface area contributed by atoms with Gasteiger partial charge in [0, 0.05) is 5.92 Å². The van der Waals surface area contributed by atoms with Gasteiger partial charge in [-0.1, -0.05) is 13.8 Å². The molecule has 0 atom stereocenters. The van der Waals surface area contributed by atoms with Crippen LogP contribution in [0.1, 0.15) is 25.6 Å². The van der Waals surface area contributed by atoms with E-state index in [9.17, 15) is 0 Å². The Labute approximate surface area is 53.7 Å². The lowest BCUT2D eigenvalue weighted by Crippen LogP contribution is -2.15. The van der Waals surface area contributed by atoms with Crippen LogP contribution in [0.15, 0.2) is 6.33 Å². The summed E-state index contributed by atoms with van der Waals surface area (Å²) in [5, 5.41) is 3.72. The SMILES string of the molecule is CC(C)c1ncnn1N. The van der Waals surface area contributed by atoms with Gasteiger partial charge < -0.3 is 5.84 Å². The van der Waals surface area contributed by atoms with E-state index in [0.29, 0.717) is 5.92 Å². The maximum Gasteiger partial charge on any atom is 0.152 e. The second-order valence-corrected chi connectivity index (χ2v) is 2.22. The van der Waals surface area contributed by atoms with E-state index < -0.39 is 0 Å². The van der Waals surface area contributed by atoms with Gasteiger partial charge in [0.2, 0.25) is 0 Å². The average Bonchev–Trinajstić information content (AvgIpc) is 2.13. The molecule has 0 aliphatic rings. The van der Waals surface area contributed by atoms with Crippen molar-refractivity contribution in [1.82, 2.24) is 14.9 Å². The third kappa shape index (κ3) is 1.01. The van der Waals surface area contributed by atoms with E-state index in [1.807, 2.05) is 13.8 Å². The van der Waals surface area contributed by atoms with Gasteiger partial charge in [-0.05, 0) is 0 Å². The fourth-order valence-corrected chi connectivity index (χ4v) is 0.673. The Hall–Kier alpha value is -1.06. The third-order valence-electron chi connectivity index (χ3n) is 1.12. The van der Waals surface area contributed by atoms with Crippen molar-refractivity contribution >= 4 is 0 Å². The maximum atomic E-state index is 5.38. The van der Waals surface area contributed by atoms with Gasteiger partial charge in [0.25, 0.3) is 0 Å². The molecule has 50 valence electrons. The Morgan fingerprint density at radius 2 is 2.33 bits per heavy atom. The summed E-state index contributed by atoms with van der Waals surface area (Å²) in [6.07, 6.45) is 1.45. The van der Waals surface area contributed by atoms with Crippen LogP contribution in [0.25, 0.3) is 0 Å². The number of nitrogen functional groups attached to an aromatic ring is 1. The van der Waals surface area contributed by atoms with Crippen molar-refractivity contribution in [2.75, 3.05) is 5.84 Å². The molecular formula is C5H10N4. The molecule has 0 unspecified atom stereocenters. The van der Waals surface area contributed by atoms with Gasteiger partial charge in [0.1, 0.15) is 6.33 Å². The molecule has 4 heteroatoms. The lowest BCUT2D eigenvalue weighted by molar-refractivity contribution is 0.689. The summed E-state index contributed by atoms with van der Waals surface area (Å²) in [4.78, 5) is 5.24. The van der Waals surface area contributed by atoms with Gasteiger partial charge >= 0.3 is 0 Å². The largest absolute Gasteiger partial charge is 0.321 e. The fraction of sp³-hybridized carbons (Fsp3) is 0.600. The van der Waals surface area contributed by atoms with Crippen molar-refractivity contribution in [3.63, 3.8) is 0 Å². The van der Waals surface area contributed by atoms with Crippen LogP contribution in [0, 0.1) is 0 Å². The predicted octanol–water partition coefficient (Wildman–Crippen LogP) is 0.115. The first-order valence-electron chi connectivity index (χ1n) is 2.87. The van der Waals surface area contributed by atoms with Crippen molar-refractivity contribution in [2.45, 2.75) is 19.8 Å². The molecule has 9 heavy (non-hydrogen) atoms. The Bertz CT molecular complexity index is 191. The summed E-state index contributed by atoms with van der Waals surface area (Å²) in [5.41, 5.74) is 0. The molecule has 0 amide bonds. The highest BCUT2D eigenvalue weighted by atomic mass is 15.5. The number of nitrogens with two attached hydrogens (primary N) is 1. The minimum absolute atomic E-state index is 0.345.